The van der Waals surface area contributed by atoms with Crippen LogP contribution in [0.25, 0.3) is 11.0 Å². The van der Waals surface area contributed by atoms with Gasteiger partial charge in [-0.25, -0.2) is 4.79 Å². The third-order valence-electron chi connectivity index (χ3n) is 4.98. The molecular formula is C22H28N2O3. The molecule has 0 unspecified atom stereocenters. The van der Waals surface area contributed by atoms with Crippen molar-refractivity contribution in [1.82, 2.24) is 10.6 Å². The van der Waals surface area contributed by atoms with Crippen LogP contribution in [0.2, 0.25) is 0 Å². The van der Waals surface area contributed by atoms with Crippen LogP contribution in [0.1, 0.15) is 56.5 Å². The molecule has 1 aliphatic rings. The molecule has 1 aliphatic heterocycles. The molecule has 1 fully saturated rings. The number of fused-ring (bicyclic) bond motifs is 1. The Bertz CT molecular complexity index is 924. The highest BCUT2D eigenvalue weighted by atomic mass is 16.4. The zero-order valence-electron chi connectivity index (χ0n) is 16.5. The van der Waals surface area contributed by atoms with Gasteiger partial charge >= 0.3 is 5.63 Å². The smallest absolute Gasteiger partial charge is 0.349 e. The van der Waals surface area contributed by atoms with Gasteiger partial charge in [0.25, 0.3) is 5.91 Å². The molecule has 1 saturated heterocycles. The van der Waals surface area contributed by atoms with E-state index in [1.165, 1.54) is 0 Å². The molecule has 0 saturated carbocycles. The largest absolute Gasteiger partial charge is 0.422 e. The van der Waals surface area contributed by atoms with Crippen LogP contribution in [0.5, 0.6) is 0 Å². The van der Waals surface area contributed by atoms with Crippen molar-refractivity contribution < 1.29 is 9.21 Å². The van der Waals surface area contributed by atoms with Gasteiger partial charge in [0.1, 0.15) is 11.1 Å². The Hall–Kier alpha value is -2.40. The predicted octanol–water partition coefficient (Wildman–Crippen LogP) is 3.56. The molecule has 0 aliphatic carbocycles. The van der Waals surface area contributed by atoms with Crippen molar-refractivity contribution in [3.05, 3.63) is 58.5 Å². The Labute approximate surface area is 159 Å². The normalized spacial score (nSPS) is 19.0. The summed E-state index contributed by atoms with van der Waals surface area (Å²) in [5.74, 6) is -0.377. The van der Waals surface area contributed by atoms with E-state index in [1.807, 2.05) is 18.2 Å². The van der Waals surface area contributed by atoms with Crippen LogP contribution in [-0.2, 0) is 6.42 Å². The molecule has 27 heavy (non-hydrogen) atoms. The Morgan fingerprint density at radius 1 is 1.30 bits per heavy atom. The van der Waals surface area contributed by atoms with Gasteiger partial charge in [0.15, 0.2) is 0 Å². The summed E-state index contributed by atoms with van der Waals surface area (Å²) in [5.41, 5.74) is 0.661. The molecular weight excluding hydrogens is 340 g/mol. The number of amides is 1. The molecule has 0 atom stereocenters. The number of nitrogens with one attached hydrogen (secondary N) is 2. The predicted molar refractivity (Wildman–Crippen MR) is 108 cm³/mol. The molecule has 2 N–H and O–H groups in total. The van der Waals surface area contributed by atoms with Gasteiger partial charge in [-0.15, -0.1) is 6.58 Å². The summed E-state index contributed by atoms with van der Waals surface area (Å²) in [4.78, 5) is 25.3. The minimum atomic E-state index is -0.607. The van der Waals surface area contributed by atoms with E-state index in [0.29, 0.717) is 12.0 Å². The van der Waals surface area contributed by atoms with Crippen molar-refractivity contribution in [2.45, 2.75) is 64.1 Å². The number of carbonyl (C=O) groups excluding carboxylic acids is 1. The summed E-state index contributed by atoms with van der Waals surface area (Å²) in [6.07, 6.45) is 3.95. The van der Waals surface area contributed by atoms with E-state index in [9.17, 15) is 9.59 Å². The van der Waals surface area contributed by atoms with Crippen LogP contribution in [0.15, 0.2) is 46.1 Å². The van der Waals surface area contributed by atoms with E-state index in [4.69, 9.17) is 4.42 Å². The minimum absolute atomic E-state index is 0.00838. The number of allylic oxidation sites excluding steroid dienone is 1. The summed E-state index contributed by atoms with van der Waals surface area (Å²) in [6.45, 7) is 12.2. The molecule has 3 rings (SSSR count). The zero-order valence-corrected chi connectivity index (χ0v) is 16.5. The number of rotatable bonds is 4. The Kier molecular flexibility index (Phi) is 5.00. The molecule has 0 bridgehead atoms. The van der Waals surface area contributed by atoms with Gasteiger partial charge in [0.05, 0.1) is 0 Å². The average Bonchev–Trinajstić information content (AvgIpc) is 2.52. The Balaban J connectivity index is 1.89. The molecule has 1 amide bonds. The summed E-state index contributed by atoms with van der Waals surface area (Å²) in [6, 6.07) is 7.25. The maximum Gasteiger partial charge on any atom is 0.349 e. The van der Waals surface area contributed by atoms with E-state index in [2.05, 4.69) is 44.9 Å². The molecule has 5 heteroatoms. The molecule has 2 heterocycles. The highest BCUT2D eigenvalue weighted by molar-refractivity contribution is 5.97. The van der Waals surface area contributed by atoms with Crippen molar-refractivity contribution in [3.63, 3.8) is 0 Å². The lowest BCUT2D eigenvalue weighted by Gasteiger charge is -2.46. The van der Waals surface area contributed by atoms with Gasteiger partial charge in [-0.05, 0) is 58.6 Å². The second kappa shape index (κ2) is 6.97. The van der Waals surface area contributed by atoms with Gasteiger partial charge in [-0.2, -0.15) is 0 Å². The lowest BCUT2D eigenvalue weighted by atomic mass is 9.79. The van der Waals surface area contributed by atoms with Crippen molar-refractivity contribution in [2.75, 3.05) is 0 Å². The third kappa shape index (κ3) is 4.30. The summed E-state index contributed by atoms with van der Waals surface area (Å²) in [5, 5.41) is 7.37. The summed E-state index contributed by atoms with van der Waals surface area (Å²) in [7, 11) is 0. The van der Waals surface area contributed by atoms with Crippen molar-refractivity contribution >= 4 is 16.9 Å². The number of carbonyl (C=O) groups is 1. The Morgan fingerprint density at radius 3 is 2.59 bits per heavy atom. The van der Waals surface area contributed by atoms with Gasteiger partial charge in [0.2, 0.25) is 0 Å². The fourth-order valence-corrected chi connectivity index (χ4v) is 4.37. The third-order valence-corrected chi connectivity index (χ3v) is 4.98. The second-order valence-corrected chi connectivity index (χ2v) is 8.75. The van der Waals surface area contributed by atoms with Gasteiger partial charge in [-0.1, -0.05) is 24.3 Å². The number of benzene rings is 1. The maximum atomic E-state index is 12.8. The fourth-order valence-electron chi connectivity index (χ4n) is 4.37. The fraction of sp³-hybridized carbons (Fsp3) is 0.455. The maximum absolute atomic E-state index is 12.8. The molecule has 0 radical (unpaired) electrons. The lowest BCUT2D eigenvalue weighted by molar-refractivity contribution is 0.0870. The van der Waals surface area contributed by atoms with E-state index >= 15 is 0 Å². The van der Waals surface area contributed by atoms with Crippen molar-refractivity contribution in [3.8, 4) is 0 Å². The number of hydrogen-bond acceptors (Lipinski definition) is 4. The highest BCUT2D eigenvalue weighted by Crippen LogP contribution is 2.28. The van der Waals surface area contributed by atoms with Gasteiger partial charge in [0, 0.05) is 22.5 Å². The quantitative estimate of drug-likeness (QED) is 0.639. The van der Waals surface area contributed by atoms with E-state index < -0.39 is 5.63 Å². The first-order valence-corrected chi connectivity index (χ1v) is 9.37. The van der Waals surface area contributed by atoms with E-state index in [-0.39, 0.29) is 28.6 Å². The summed E-state index contributed by atoms with van der Waals surface area (Å²) < 4.78 is 5.49. The van der Waals surface area contributed by atoms with Gasteiger partial charge in [-0.3, -0.25) is 4.79 Å². The van der Waals surface area contributed by atoms with Crippen LogP contribution in [0, 0.1) is 0 Å². The molecule has 144 valence electrons. The topological polar surface area (TPSA) is 71.3 Å². The first-order valence-electron chi connectivity index (χ1n) is 9.37. The molecule has 2 aromatic rings. The highest BCUT2D eigenvalue weighted by Gasteiger charge is 2.38. The zero-order chi connectivity index (χ0) is 19.8. The van der Waals surface area contributed by atoms with Crippen LogP contribution >= 0.6 is 0 Å². The van der Waals surface area contributed by atoms with Crippen molar-refractivity contribution in [1.29, 1.82) is 0 Å². The van der Waals surface area contributed by atoms with Crippen LogP contribution in [0.4, 0.5) is 0 Å². The van der Waals surface area contributed by atoms with E-state index in [1.54, 1.807) is 12.1 Å². The molecule has 0 spiro atoms. The first-order chi connectivity index (χ1) is 12.6. The minimum Gasteiger partial charge on any atom is -0.422 e. The lowest BCUT2D eigenvalue weighted by Crippen LogP contribution is -2.62. The standard InChI is InChI=1S/C22H28N2O3/c1-6-8-14-9-7-10-15-11-17(20(26)27-18(14)15)19(25)23-16-12-21(2,3)24-22(4,5)13-16/h6-7,9-11,16,24H,1,8,12-13H2,2-5H3,(H,23,25). The number of para-hydroxylation sites is 1. The van der Waals surface area contributed by atoms with Crippen LogP contribution < -0.4 is 16.3 Å². The SMILES string of the molecule is C=CCc1cccc2cc(C(=O)NC3CC(C)(C)NC(C)(C)C3)c(=O)oc12. The van der Waals surface area contributed by atoms with Gasteiger partial charge < -0.3 is 15.1 Å². The monoisotopic (exact) mass is 368 g/mol. The summed E-state index contributed by atoms with van der Waals surface area (Å²) >= 11 is 0. The molecule has 1 aromatic carbocycles. The number of hydrogen-bond donors (Lipinski definition) is 2. The van der Waals surface area contributed by atoms with E-state index in [0.717, 1.165) is 23.8 Å². The van der Waals surface area contributed by atoms with Crippen molar-refractivity contribution in [2.24, 2.45) is 0 Å². The number of piperidine rings is 1. The van der Waals surface area contributed by atoms with Crippen LogP contribution in [-0.4, -0.2) is 23.0 Å². The second-order valence-electron chi connectivity index (χ2n) is 8.75. The Morgan fingerprint density at radius 2 is 1.96 bits per heavy atom. The average molecular weight is 368 g/mol. The first kappa shape index (κ1) is 19.4. The molecule has 5 nitrogen and oxygen atoms in total. The van der Waals surface area contributed by atoms with Crippen LogP contribution in [0.3, 0.4) is 0 Å². The molecule has 1 aromatic heterocycles.